The van der Waals surface area contributed by atoms with E-state index in [1.807, 2.05) is 25.3 Å². The lowest BCUT2D eigenvalue weighted by molar-refractivity contribution is -0.119. The maximum absolute atomic E-state index is 13.6. The van der Waals surface area contributed by atoms with Crippen molar-refractivity contribution in [3.05, 3.63) is 83.9 Å². The van der Waals surface area contributed by atoms with Gasteiger partial charge < -0.3 is 10.1 Å². The van der Waals surface area contributed by atoms with Crippen LogP contribution < -0.4 is 14.4 Å². The van der Waals surface area contributed by atoms with Gasteiger partial charge in [0.2, 0.25) is 5.91 Å². The molecule has 0 spiro atoms. The number of carbonyl (C=O) groups is 1. The molecule has 4 rings (SSSR count). The lowest BCUT2D eigenvalue weighted by Gasteiger charge is -2.24. The van der Waals surface area contributed by atoms with Crippen molar-refractivity contribution in [1.29, 1.82) is 0 Å². The molecule has 1 aliphatic rings. The molecule has 7 nitrogen and oxygen atoms in total. The Bertz CT molecular complexity index is 1290. The van der Waals surface area contributed by atoms with Gasteiger partial charge in [0.15, 0.2) is 0 Å². The Morgan fingerprint density at radius 1 is 0.947 bits per heavy atom. The summed E-state index contributed by atoms with van der Waals surface area (Å²) in [6, 6.07) is 21.6. The number of amides is 1. The highest BCUT2D eigenvalue weighted by Gasteiger charge is 2.27. The van der Waals surface area contributed by atoms with Crippen LogP contribution in [0.4, 0.5) is 5.69 Å². The van der Waals surface area contributed by atoms with Gasteiger partial charge in [0.05, 0.1) is 17.2 Å². The number of likely N-dealkylation sites (tertiary alicyclic amines) is 1. The minimum atomic E-state index is -3.98. The zero-order valence-corrected chi connectivity index (χ0v) is 23.6. The van der Waals surface area contributed by atoms with Crippen molar-refractivity contribution >= 4 is 33.4 Å². The van der Waals surface area contributed by atoms with E-state index in [2.05, 4.69) is 22.3 Å². The fraction of sp³-hybridized carbons (Fsp3) is 0.345. The first kappa shape index (κ1) is 28.0. The number of benzene rings is 3. The van der Waals surface area contributed by atoms with Crippen LogP contribution in [0.3, 0.4) is 0 Å². The van der Waals surface area contributed by atoms with E-state index in [4.69, 9.17) is 4.74 Å². The Hall–Kier alpha value is -3.01. The fourth-order valence-electron chi connectivity index (χ4n) is 4.41. The molecule has 0 unspecified atom stereocenters. The number of nitrogens with one attached hydrogen (secondary N) is 1. The van der Waals surface area contributed by atoms with Gasteiger partial charge in [0.1, 0.15) is 12.3 Å². The molecule has 1 saturated heterocycles. The lowest BCUT2D eigenvalue weighted by Crippen LogP contribution is -2.40. The quantitative estimate of drug-likeness (QED) is 0.321. The summed E-state index contributed by atoms with van der Waals surface area (Å²) in [7, 11) is -3.98. The van der Waals surface area contributed by atoms with Crippen molar-refractivity contribution in [2.24, 2.45) is 0 Å². The molecule has 38 heavy (non-hydrogen) atoms. The average Bonchev–Trinajstić information content (AvgIpc) is 3.45. The maximum atomic E-state index is 13.6. The molecule has 0 radical (unpaired) electrons. The molecule has 1 N–H and O–H groups in total. The summed E-state index contributed by atoms with van der Waals surface area (Å²) < 4.78 is 33.9. The van der Waals surface area contributed by atoms with Crippen LogP contribution in [0.15, 0.2) is 82.6 Å². The molecule has 1 amide bonds. The highest BCUT2D eigenvalue weighted by atomic mass is 32.2. The third-order valence-corrected chi connectivity index (χ3v) is 9.02. The Balaban J connectivity index is 1.46. The third kappa shape index (κ3) is 7.30. The molecular weight excluding hydrogens is 518 g/mol. The highest BCUT2D eigenvalue weighted by molar-refractivity contribution is 7.98. The van der Waals surface area contributed by atoms with Crippen molar-refractivity contribution in [3.63, 3.8) is 0 Å². The molecule has 0 bridgehead atoms. The Kier molecular flexibility index (Phi) is 9.71. The molecular formula is C29H35N3O4S2. The van der Waals surface area contributed by atoms with Crippen LogP contribution in [0.2, 0.25) is 0 Å². The van der Waals surface area contributed by atoms with Gasteiger partial charge in [-0.05, 0) is 98.8 Å². The standard InChI is InChI=1S/C29H35N3O4S2/c1-3-36-26-12-10-25(11-13-26)32(38(34,35)28-16-14-27(37-2)15-17-28)22-29(33)30-20-23-6-8-24(9-7-23)21-31-18-4-5-19-31/h6-17H,3-5,18-22H2,1-2H3,(H,30,33). The molecule has 1 heterocycles. The number of anilines is 1. The third-order valence-electron chi connectivity index (χ3n) is 6.49. The van der Waals surface area contributed by atoms with E-state index in [1.54, 1.807) is 48.5 Å². The Morgan fingerprint density at radius 2 is 1.58 bits per heavy atom. The summed E-state index contributed by atoms with van der Waals surface area (Å²) in [6.07, 6.45) is 4.45. The molecule has 3 aromatic carbocycles. The number of ether oxygens (including phenoxy) is 1. The predicted octanol–water partition coefficient (Wildman–Crippen LogP) is 4.91. The van der Waals surface area contributed by atoms with E-state index in [0.29, 0.717) is 24.6 Å². The average molecular weight is 554 g/mol. The lowest BCUT2D eigenvalue weighted by atomic mass is 10.1. The van der Waals surface area contributed by atoms with E-state index >= 15 is 0 Å². The predicted molar refractivity (Wildman–Crippen MR) is 153 cm³/mol. The monoisotopic (exact) mass is 553 g/mol. The first-order chi connectivity index (χ1) is 18.4. The van der Waals surface area contributed by atoms with Crippen molar-refractivity contribution < 1.29 is 17.9 Å². The van der Waals surface area contributed by atoms with Crippen LogP contribution in [0.1, 0.15) is 30.9 Å². The fourth-order valence-corrected chi connectivity index (χ4v) is 6.24. The van der Waals surface area contributed by atoms with Crippen molar-refractivity contribution in [2.75, 3.05) is 36.8 Å². The van der Waals surface area contributed by atoms with Gasteiger partial charge in [-0.2, -0.15) is 0 Å². The van der Waals surface area contributed by atoms with E-state index < -0.39 is 10.0 Å². The molecule has 0 saturated carbocycles. The molecule has 0 aromatic heterocycles. The van der Waals surface area contributed by atoms with Gasteiger partial charge in [-0.3, -0.25) is 14.0 Å². The van der Waals surface area contributed by atoms with Gasteiger partial charge in [0, 0.05) is 18.0 Å². The van der Waals surface area contributed by atoms with Crippen LogP contribution in [-0.2, 0) is 27.9 Å². The first-order valence-corrected chi connectivity index (χ1v) is 15.5. The van der Waals surface area contributed by atoms with Crippen LogP contribution in [0, 0.1) is 0 Å². The summed E-state index contributed by atoms with van der Waals surface area (Å²) in [4.78, 5) is 16.5. The number of nitrogens with zero attached hydrogens (tertiary/aromatic N) is 2. The van der Waals surface area contributed by atoms with E-state index in [0.717, 1.165) is 34.4 Å². The molecule has 1 aliphatic heterocycles. The molecule has 0 atom stereocenters. The second-order valence-corrected chi connectivity index (χ2v) is 11.9. The minimum absolute atomic E-state index is 0.130. The second kappa shape index (κ2) is 13.2. The summed E-state index contributed by atoms with van der Waals surface area (Å²) in [5.74, 6) is 0.250. The Morgan fingerprint density at radius 3 is 2.18 bits per heavy atom. The van der Waals surface area contributed by atoms with Crippen molar-refractivity contribution in [2.45, 2.75) is 42.6 Å². The van der Waals surface area contributed by atoms with Gasteiger partial charge in [-0.25, -0.2) is 8.42 Å². The van der Waals surface area contributed by atoms with Gasteiger partial charge in [0.25, 0.3) is 10.0 Å². The second-order valence-electron chi connectivity index (χ2n) is 9.19. The van der Waals surface area contributed by atoms with Crippen LogP contribution in [0.25, 0.3) is 0 Å². The van der Waals surface area contributed by atoms with Gasteiger partial charge in [-0.15, -0.1) is 11.8 Å². The molecule has 0 aliphatic carbocycles. The number of carbonyl (C=O) groups excluding carboxylic acids is 1. The molecule has 3 aromatic rings. The van der Waals surface area contributed by atoms with E-state index in [9.17, 15) is 13.2 Å². The van der Waals surface area contributed by atoms with Crippen molar-refractivity contribution in [3.8, 4) is 5.75 Å². The number of thioether (sulfide) groups is 1. The smallest absolute Gasteiger partial charge is 0.264 e. The van der Waals surface area contributed by atoms with Crippen LogP contribution in [-0.4, -0.2) is 51.7 Å². The number of rotatable bonds is 12. The number of hydrogen-bond acceptors (Lipinski definition) is 6. The van der Waals surface area contributed by atoms with Crippen LogP contribution >= 0.6 is 11.8 Å². The first-order valence-electron chi connectivity index (χ1n) is 12.9. The molecule has 9 heteroatoms. The highest BCUT2D eigenvalue weighted by Crippen LogP contribution is 2.27. The summed E-state index contributed by atoms with van der Waals surface area (Å²) in [6.45, 7) is 5.61. The van der Waals surface area contributed by atoms with E-state index in [1.165, 1.54) is 30.2 Å². The summed E-state index contributed by atoms with van der Waals surface area (Å²) >= 11 is 1.53. The largest absolute Gasteiger partial charge is 0.494 e. The maximum Gasteiger partial charge on any atom is 0.264 e. The topological polar surface area (TPSA) is 79.0 Å². The zero-order valence-electron chi connectivity index (χ0n) is 21.9. The summed E-state index contributed by atoms with van der Waals surface area (Å²) in [5, 5.41) is 2.88. The minimum Gasteiger partial charge on any atom is -0.494 e. The number of sulfonamides is 1. The van der Waals surface area contributed by atoms with E-state index in [-0.39, 0.29) is 17.3 Å². The normalized spacial score (nSPS) is 13.8. The van der Waals surface area contributed by atoms with Crippen LogP contribution in [0.5, 0.6) is 5.75 Å². The summed E-state index contributed by atoms with van der Waals surface area (Å²) in [5.41, 5.74) is 2.61. The SMILES string of the molecule is CCOc1ccc(N(CC(=O)NCc2ccc(CN3CCCC3)cc2)S(=O)(=O)c2ccc(SC)cc2)cc1. The molecule has 202 valence electrons. The molecule has 1 fully saturated rings. The Labute approximate surface area is 230 Å². The van der Waals surface area contributed by atoms with Gasteiger partial charge >= 0.3 is 0 Å². The zero-order chi connectivity index (χ0) is 27.0. The van der Waals surface area contributed by atoms with Gasteiger partial charge in [-0.1, -0.05) is 24.3 Å². The van der Waals surface area contributed by atoms with Crippen molar-refractivity contribution in [1.82, 2.24) is 10.2 Å². The number of hydrogen-bond donors (Lipinski definition) is 1.